The molecule has 17 heavy (non-hydrogen) atoms. The Balaban J connectivity index is 2.26. The predicted octanol–water partition coefficient (Wildman–Crippen LogP) is 3.43. The van der Waals surface area contributed by atoms with E-state index in [0.29, 0.717) is 5.92 Å². The zero-order valence-corrected chi connectivity index (χ0v) is 10.9. The molecule has 1 unspecified atom stereocenters. The number of nitrogens with zero attached hydrogens (tertiary/aromatic N) is 1. The highest BCUT2D eigenvalue weighted by Gasteiger charge is 2.25. The standard InChI is InChI=1S/C15H22N2/c1-3-17(4-2)15(16)14-11-7-9-12-8-5-6-10-13(12)14/h5-6,8,10,14,16H,3-4,7,9,11H2,1-2H3. The van der Waals surface area contributed by atoms with E-state index >= 15 is 0 Å². The number of hydrogen-bond donors (Lipinski definition) is 1. The van der Waals surface area contributed by atoms with Crippen LogP contribution >= 0.6 is 0 Å². The van der Waals surface area contributed by atoms with Crippen molar-refractivity contribution in [3.63, 3.8) is 0 Å². The number of hydrogen-bond acceptors (Lipinski definition) is 1. The van der Waals surface area contributed by atoms with Gasteiger partial charge >= 0.3 is 0 Å². The van der Waals surface area contributed by atoms with E-state index in [1.165, 1.54) is 24.0 Å². The first-order chi connectivity index (χ1) is 8.27. The lowest BCUT2D eigenvalue weighted by molar-refractivity contribution is 0.434. The van der Waals surface area contributed by atoms with Crippen LogP contribution in [0.4, 0.5) is 0 Å². The molecule has 0 heterocycles. The second-order valence-corrected chi connectivity index (χ2v) is 4.70. The molecular weight excluding hydrogens is 208 g/mol. The summed E-state index contributed by atoms with van der Waals surface area (Å²) in [6.07, 6.45) is 3.52. The van der Waals surface area contributed by atoms with Crippen LogP contribution in [0.1, 0.15) is 43.7 Å². The second kappa shape index (κ2) is 5.35. The van der Waals surface area contributed by atoms with Crippen molar-refractivity contribution >= 4 is 5.84 Å². The number of amidine groups is 1. The lowest BCUT2D eigenvalue weighted by atomic mass is 9.82. The minimum Gasteiger partial charge on any atom is -0.361 e. The van der Waals surface area contributed by atoms with Crippen molar-refractivity contribution in [2.75, 3.05) is 13.1 Å². The van der Waals surface area contributed by atoms with Crippen LogP contribution < -0.4 is 0 Å². The fourth-order valence-corrected chi connectivity index (χ4v) is 2.82. The minimum absolute atomic E-state index is 0.319. The van der Waals surface area contributed by atoms with Gasteiger partial charge in [-0.1, -0.05) is 24.3 Å². The molecule has 1 N–H and O–H groups in total. The Morgan fingerprint density at radius 2 is 2.00 bits per heavy atom. The van der Waals surface area contributed by atoms with Gasteiger partial charge in [-0.3, -0.25) is 5.41 Å². The second-order valence-electron chi connectivity index (χ2n) is 4.70. The maximum absolute atomic E-state index is 8.40. The van der Waals surface area contributed by atoms with Crippen molar-refractivity contribution in [3.8, 4) is 0 Å². The van der Waals surface area contributed by atoms with Gasteiger partial charge in [0, 0.05) is 19.0 Å². The van der Waals surface area contributed by atoms with Crippen LogP contribution in [0.3, 0.4) is 0 Å². The monoisotopic (exact) mass is 230 g/mol. The Kier molecular flexibility index (Phi) is 3.82. The SMILES string of the molecule is CCN(CC)C(=N)C1CCCc2ccccc21. The summed E-state index contributed by atoms with van der Waals surface area (Å²) < 4.78 is 0. The van der Waals surface area contributed by atoms with E-state index in [9.17, 15) is 0 Å². The quantitative estimate of drug-likeness (QED) is 0.625. The van der Waals surface area contributed by atoms with E-state index in [-0.39, 0.29) is 0 Å². The number of likely N-dealkylation sites (N-methyl/N-ethyl adjacent to an activating group) is 1. The Labute approximate surface area is 104 Å². The Bertz CT molecular complexity index is 394. The zero-order chi connectivity index (χ0) is 12.3. The summed E-state index contributed by atoms with van der Waals surface area (Å²) in [6.45, 7) is 6.14. The molecule has 1 aliphatic carbocycles. The smallest absolute Gasteiger partial charge is 0.103 e. The predicted molar refractivity (Wildman–Crippen MR) is 72.8 cm³/mol. The van der Waals surface area contributed by atoms with Crippen molar-refractivity contribution in [2.45, 2.75) is 39.0 Å². The van der Waals surface area contributed by atoms with Gasteiger partial charge in [0.15, 0.2) is 0 Å². The Morgan fingerprint density at radius 1 is 1.29 bits per heavy atom. The molecule has 0 bridgehead atoms. The zero-order valence-electron chi connectivity index (χ0n) is 10.9. The molecule has 0 amide bonds. The number of benzene rings is 1. The number of aryl methyl sites for hydroxylation is 1. The first-order valence-corrected chi connectivity index (χ1v) is 6.69. The first kappa shape index (κ1) is 12.2. The van der Waals surface area contributed by atoms with Gasteiger partial charge in [0.25, 0.3) is 0 Å². The molecule has 2 rings (SSSR count). The average Bonchev–Trinajstić information content (AvgIpc) is 2.39. The van der Waals surface area contributed by atoms with Gasteiger partial charge in [-0.2, -0.15) is 0 Å². The van der Waals surface area contributed by atoms with Crippen molar-refractivity contribution in [1.82, 2.24) is 4.90 Å². The molecule has 92 valence electrons. The van der Waals surface area contributed by atoms with Gasteiger partial charge in [-0.05, 0) is 44.2 Å². The molecule has 0 aliphatic heterocycles. The topological polar surface area (TPSA) is 27.1 Å². The van der Waals surface area contributed by atoms with Crippen molar-refractivity contribution in [2.24, 2.45) is 0 Å². The van der Waals surface area contributed by atoms with Crippen molar-refractivity contribution in [3.05, 3.63) is 35.4 Å². The molecule has 0 fully saturated rings. The normalized spacial score (nSPS) is 18.6. The van der Waals surface area contributed by atoms with Crippen LogP contribution in [-0.4, -0.2) is 23.8 Å². The summed E-state index contributed by atoms with van der Waals surface area (Å²) in [7, 11) is 0. The third-order valence-corrected chi connectivity index (χ3v) is 3.80. The fourth-order valence-electron chi connectivity index (χ4n) is 2.82. The molecule has 2 heteroatoms. The highest BCUT2D eigenvalue weighted by Crippen LogP contribution is 2.32. The van der Waals surface area contributed by atoms with Crippen molar-refractivity contribution < 1.29 is 0 Å². The molecule has 0 spiro atoms. The summed E-state index contributed by atoms with van der Waals surface area (Å²) in [5.41, 5.74) is 2.83. The van der Waals surface area contributed by atoms with Crippen LogP contribution in [0.2, 0.25) is 0 Å². The van der Waals surface area contributed by atoms with E-state index < -0.39 is 0 Å². The summed E-state index contributed by atoms with van der Waals surface area (Å²) in [5.74, 6) is 1.13. The maximum atomic E-state index is 8.40. The van der Waals surface area contributed by atoms with Gasteiger partial charge in [-0.15, -0.1) is 0 Å². The Hall–Kier alpha value is -1.31. The lowest BCUT2D eigenvalue weighted by Gasteiger charge is -2.32. The van der Waals surface area contributed by atoms with E-state index in [4.69, 9.17) is 5.41 Å². The molecule has 1 aliphatic rings. The Morgan fingerprint density at radius 3 is 2.71 bits per heavy atom. The maximum Gasteiger partial charge on any atom is 0.103 e. The molecule has 0 saturated heterocycles. The number of nitrogens with one attached hydrogen (secondary N) is 1. The average molecular weight is 230 g/mol. The molecule has 1 atom stereocenters. The van der Waals surface area contributed by atoms with Crippen LogP contribution in [0.15, 0.2) is 24.3 Å². The number of rotatable bonds is 3. The molecule has 0 radical (unpaired) electrons. The van der Waals surface area contributed by atoms with Gasteiger partial charge in [0.1, 0.15) is 5.84 Å². The van der Waals surface area contributed by atoms with Gasteiger partial charge in [-0.25, -0.2) is 0 Å². The summed E-state index contributed by atoms with van der Waals surface area (Å²) in [4.78, 5) is 2.17. The third kappa shape index (κ3) is 2.36. The molecular formula is C15H22N2. The minimum atomic E-state index is 0.319. The summed E-state index contributed by atoms with van der Waals surface area (Å²) in [6, 6.07) is 8.64. The van der Waals surface area contributed by atoms with Crippen LogP contribution in [0, 0.1) is 5.41 Å². The highest BCUT2D eigenvalue weighted by atomic mass is 15.2. The molecule has 2 nitrogen and oxygen atoms in total. The number of fused-ring (bicyclic) bond motifs is 1. The van der Waals surface area contributed by atoms with E-state index in [1.54, 1.807) is 0 Å². The lowest BCUT2D eigenvalue weighted by Crippen LogP contribution is -2.35. The van der Waals surface area contributed by atoms with Crippen molar-refractivity contribution in [1.29, 1.82) is 5.41 Å². The summed E-state index contributed by atoms with van der Waals surface area (Å²) in [5, 5.41) is 8.40. The summed E-state index contributed by atoms with van der Waals surface area (Å²) >= 11 is 0. The fraction of sp³-hybridized carbons (Fsp3) is 0.533. The van der Waals surface area contributed by atoms with E-state index in [1.807, 2.05) is 0 Å². The van der Waals surface area contributed by atoms with Crippen LogP contribution in [-0.2, 0) is 6.42 Å². The van der Waals surface area contributed by atoms with E-state index in [0.717, 1.165) is 25.3 Å². The molecule has 1 aromatic rings. The van der Waals surface area contributed by atoms with E-state index in [2.05, 4.69) is 43.0 Å². The van der Waals surface area contributed by atoms with Crippen LogP contribution in [0.5, 0.6) is 0 Å². The van der Waals surface area contributed by atoms with Gasteiger partial charge < -0.3 is 4.90 Å². The third-order valence-electron chi connectivity index (χ3n) is 3.80. The molecule has 0 saturated carbocycles. The largest absolute Gasteiger partial charge is 0.361 e. The molecule has 0 aromatic heterocycles. The van der Waals surface area contributed by atoms with Gasteiger partial charge in [0.05, 0.1) is 0 Å². The van der Waals surface area contributed by atoms with Gasteiger partial charge in [0.2, 0.25) is 0 Å². The molecule has 1 aromatic carbocycles. The first-order valence-electron chi connectivity index (χ1n) is 6.69. The van der Waals surface area contributed by atoms with Crippen LogP contribution in [0.25, 0.3) is 0 Å². The highest BCUT2D eigenvalue weighted by molar-refractivity contribution is 5.86.